The van der Waals surface area contributed by atoms with E-state index in [-0.39, 0.29) is 5.91 Å². The summed E-state index contributed by atoms with van der Waals surface area (Å²) in [6.45, 7) is 4.97. The molecule has 2 aromatic rings. The van der Waals surface area contributed by atoms with E-state index in [0.717, 1.165) is 42.7 Å². The van der Waals surface area contributed by atoms with Gasteiger partial charge in [0.05, 0.1) is 0 Å². The maximum atomic E-state index is 13.2. The molecule has 2 fully saturated rings. The van der Waals surface area contributed by atoms with Crippen LogP contribution in [0.1, 0.15) is 22.3 Å². The van der Waals surface area contributed by atoms with Gasteiger partial charge in [-0.2, -0.15) is 0 Å². The molecule has 1 N–H and O–H groups in total. The third kappa shape index (κ3) is 2.45. The molecule has 0 saturated carbocycles. The van der Waals surface area contributed by atoms with Crippen molar-refractivity contribution < 1.29 is 4.79 Å². The van der Waals surface area contributed by atoms with E-state index in [4.69, 9.17) is 0 Å². The summed E-state index contributed by atoms with van der Waals surface area (Å²) in [6, 6.07) is 16.7. The zero-order valence-electron chi connectivity index (χ0n) is 13.5. The predicted molar refractivity (Wildman–Crippen MR) is 92.4 cm³/mol. The Bertz CT molecular complexity index is 740. The van der Waals surface area contributed by atoms with Crippen molar-refractivity contribution in [1.29, 1.82) is 0 Å². The Kier molecular flexibility index (Phi) is 3.66. The number of hydrogen-bond acceptors (Lipinski definition) is 2. The first-order valence-electron chi connectivity index (χ1n) is 8.42. The quantitative estimate of drug-likeness (QED) is 0.924. The molecule has 2 heterocycles. The molecule has 0 radical (unpaired) electrons. The van der Waals surface area contributed by atoms with Gasteiger partial charge in [0, 0.05) is 31.2 Å². The van der Waals surface area contributed by atoms with E-state index < -0.39 is 0 Å². The summed E-state index contributed by atoms with van der Waals surface area (Å²) in [5.41, 5.74) is 4.23. The summed E-state index contributed by atoms with van der Waals surface area (Å²) in [5.74, 6) is 0.810. The van der Waals surface area contributed by atoms with E-state index in [1.807, 2.05) is 30.3 Å². The van der Waals surface area contributed by atoms with Crippen LogP contribution in [0.5, 0.6) is 0 Å². The minimum atomic E-state index is 0.181. The number of carbonyl (C=O) groups excluding carboxylic acids is 1. The Balaban J connectivity index is 1.72. The predicted octanol–water partition coefficient (Wildman–Crippen LogP) is 3.10. The highest BCUT2D eigenvalue weighted by Crippen LogP contribution is 2.32. The van der Waals surface area contributed by atoms with Crippen LogP contribution in [0.25, 0.3) is 11.1 Å². The van der Waals surface area contributed by atoms with Crippen LogP contribution < -0.4 is 5.32 Å². The van der Waals surface area contributed by atoms with Crippen molar-refractivity contribution in [3.05, 3.63) is 59.7 Å². The average Bonchev–Trinajstić information content (AvgIpc) is 3.18. The van der Waals surface area contributed by atoms with Crippen LogP contribution in [0, 0.1) is 12.8 Å². The molecule has 0 unspecified atom stereocenters. The normalized spacial score (nSPS) is 23.1. The summed E-state index contributed by atoms with van der Waals surface area (Å²) in [6.07, 6.45) is 1.12. The van der Waals surface area contributed by atoms with Gasteiger partial charge in [-0.3, -0.25) is 4.79 Å². The Morgan fingerprint density at radius 3 is 2.61 bits per heavy atom. The molecule has 2 atom stereocenters. The Hall–Kier alpha value is -2.13. The number of fused-ring (bicyclic) bond motifs is 1. The van der Waals surface area contributed by atoms with Crippen molar-refractivity contribution in [2.45, 2.75) is 19.4 Å². The second-order valence-electron chi connectivity index (χ2n) is 6.63. The molecule has 0 spiro atoms. The molecule has 118 valence electrons. The number of carbonyl (C=O) groups is 1. The number of hydrogen-bond donors (Lipinski definition) is 1. The minimum Gasteiger partial charge on any atom is -0.334 e. The highest BCUT2D eigenvalue weighted by Gasteiger charge is 2.40. The van der Waals surface area contributed by atoms with Crippen LogP contribution in [0.3, 0.4) is 0 Å². The molecule has 1 amide bonds. The van der Waals surface area contributed by atoms with Crippen LogP contribution >= 0.6 is 0 Å². The SMILES string of the molecule is Cc1ccccc1-c1ccccc1C(=O)N1CC[C@H]2CNC[C@H]21. The lowest BCUT2D eigenvalue weighted by Gasteiger charge is -2.25. The summed E-state index contributed by atoms with van der Waals surface area (Å²) in [4.78, 5) is 15.3. The van der Waals surface area contributed by atoms with Gasteiger partial charge in [0.15, 0.2) is 0 Å². The fourth-order valence-electron chi connectivity index (χ4n) is 4.04. The lowest BCUT2D eigenvalue weighted by Crippen LogP contribution is -2.39. The zero-order valence-corrected chi connectivity index (χ0v) is 13.5. The van der Waals surface area contributed by atoms with E-state index >= 15 is 0 Å². The molecular formula is C20H22N2O. The molecule has 2 aliphatic rings. The largest absolute Gasteiger partial charge is 0.334 e. The van der Waals surface area contributed by atoms with Gasteiger partial charge in [-0.1, -0.05) is 42.5 Å². The zero-order chi connectivity index (χ0) is 15.8. The van der Waals surface area contributed by atoms with Crippen molar-refractivity contribution in [2.24, 2.45) is 5.92 Å². The molecule has 0 bridgehead atoms. The smallest absolute Gasteiger partial charge is 0.254 e. The summed E-state index contributed by atoms with van der Waals surface area (Å²) in [7, 11) is 0. The first-order chi connectivity index (χ1) is 11.3. The second kappa shape index (κ2) is 5.82. The molecular weight excluding hydrogens is 284 g/mol. The Labute approximate surface area is 137 Å². The molecule has 0 aromatic heterocycles. The highest BCUT2D eigenvalue weighted by atomic mass is 16.2. The van der Waals surface area contributed by atoms with E-state index in [2.05, 4.69) is 35.3 Å². The van der Waals surface area contributed by atoms with Crippen molar-refractivity contribution in [1.82, 2.24) is 10.2 Å². The number of amides is 1. The number of nitrogens with zero attached hydrogens (tertiary/aromatic N) is 1. The van der Waals surface area contributed by atoms with Crippen LogP contribution in [0.2, 0.25) is 0 Å². The minimum absolute atomic E-state index is 0.181. The fourth-order valence-corrected chi connectivity index (χ4v) is 4.04. The lowest BCUT2D eigenvalue weighted by molar-refractivity contribution is 0.0738. The summed E-state index contributed by atoms with van der Waals surface area (Å²) < 4.78 is 0. The number of aryl methyl sites for hydroxylation is 1. The number of rotatable bonds is 2. The molecule has 0 aliphatic carbocycles. The summed E-state index contributed by atoms with van der Waals surface area (Å²) >= 11 is 0. The van der Waals surface area contributed by atoms with Gasteiger partial charge in [-0.25, -0.2) is 0 Å². The molecule has 2 saturated heterocycles. The maximum Gasteiger partial charge on any atom is 0.254 e. The van der Waals surface area contributed by atoms with E-state index in [0.29, 0.717) is 12.0 Å². The fraction of sp³-hybridized carbons (Fsp3) is 0.350. The lowest BCUT2D eigenvalue weighted by atomic mass is 9.95. The molecule has 23 heavy (non-hydrogen) atoms. The molecule has 3 nitrogen and oxygen atoms in total. The van der Waals surface area contributed by atoms with E-state index in [1.54, 1.807) is 0 Å². The van der Waals surface area contributed by atoms with Crippen LogP contribution in [-0.2, 0) is 0 Å². The van der Waals surface area contributed by atoms with Gasteiger partial charge in [-0.15, -0.1) is 0 Å². The second-order valence-corrected chi connectivity index (χ2v) is 6.63. The van der Waals surface area contributed by atoms with Gasteiger partial charge in [0.25, 0.3) is 5.91 Å². The third-order valence-corrected chi connectivity index (χ3v) is 5.30. The van der Waals surface area contributed by atoms with Crippen molar-refractivity contribution in [2.75, 3.05) is 19.6 Å². The molecule has 2 aromatic carbocycles. The number of nitrogens with one attached hydrogen (secondary N) is 1. The van der Waals surface area contributed by atoms with Crippen LogP contribution in [0.4, 0.5) is 0 Å². The topological polar surface area (TPSA) is 32.3 Å². The first-order valence-corrected chi connectivity index (χ1v) is 8.42. The number of likely N-dealkylation sites (tertiary alicyclic amines) is 1. The summed E-state index contributed by atoms with van der Waals surface area (Å²) in [5, 5.41) is 3.42. The Morgan fingerprint density at radius 2 is 1.78 bits per heavy atom. The van der Waals surface area contributed by atoms with Crippen molar-refractivity contribution in [3.63, 3.8) is 0 Å². The van der Waals surface area contributed by atoms with Gasteiger partial charge in [0.1, 0.15) is 0 Å². The van der Waals surface area contributed by atoms with Gasteiger partial charge in [0.2, 0.25) is 0 Å². The maximum absolute atomic E-state index is 13.2. The van der Waals surface area contributed by atoms with Gasteiger partial charge >= 0.3 is 0 Å². The van der Waals surface area contributed by atoms with E-state index in [9.17, 15) is 4.79 Å². The first kappa shape index (κ1) is 14.5. The van der Waals surface area contributed by atoms with Gasteiger partial charge < -0.3 is 10.2 Å². The van der Waals surface area contributed by atoms with Crippen LogP contribution in [0.15, 0.2) is 48.5 Å². The standard InChI is InChI=1S/C20H22N2O/c1-14-6-2-3-7-16(14)17-8-4-5-9-18(17)20(23)22-11-10-15-12-21-13-19(15)22/h2-9,15,19,21H,10-13H2,1H3/t15-,19+/m0/s1. The third-order valence-electron chi connectivity index (χ3n) is 5.30. The monoisotopic (exact) mass is 306 g/mol. The van der Waals surface area contributed by atoms with Crippen LogP contribution in [-0.4, -0.2) is 36.5 Å². The molecule has 4 rings (SSSR count). The number of benzene rings is 2. The van der Waals surface area contributed by atoms with E-state index in [1.165, 1.54) is 5.56 Å². The average molecular weight is 306 g/mol. The highest BCUT2D eigenvalue weighted by molar-refractivity contribution is 6.01. The van der Waals surface area contributed by atoms with Gasteiger partial charge in [-0.05, 0) is 42.0 Å². The Morgan fingerprint density at radius 1 is 1.04 bits per heavy atom. The molecule has 3 heteroatoms. The molecule has 2 aliphatic heterocycles. The van der Waals surface area contributed by atoms with Crippen molar-refractivity contribution >= 4 is 5.91 Å². The van der Waals surface area contributed by atoms with Crippen molar-refractivity contribution in [3.8, 4) is 11.1 Å².